The molecule has 0 aliphatic carbocycles. The number of ether oxygens (including phenoxy) is 1. The minimum Gasteiger partial charge on any atom is -0.383 e. The summed E-state index contributed by atoms with van der Waals surface area (Å²) in [5, 5.41) is 8.58. The Morgan fingerprint density at radius 3 is 2.67 bits per heavy atom. The fourth-order valence-electron chi connectivity index (χ4n) is 3.32. The molecule has 0 radical (unpaired) electrons. The Morgan fingerprint density at radius 2 is 2.10 bits per heavy atom. The number of nitrogens with one attached hydrogen (secondary N) is 1. The van der Waals surface area contributed by atoms with Gasteiger partial charge in [-0.05, 0) is 46.8 Å². The van der Waals surface area contributed by atoms with Crippen LogP contribution in [0, 0.1) is 0 Å². The van der Waals surface area contributed by atoms with Gasteiger partial charge in [-0.3, -0.25) is 9.58 Å². The number of rotatable bonds is 7. The minimum atomic E-state index is -0.0141. The second-order valence-electron chi connectivity index (χ2n) is 6.16. The van der Waals surface area contributed by atoms with Gasteiger partial charge in [0.1, 0.15) is 0 Å². The second-order valence-corrected chi connectivity index (χ2v) is 6.57. The van der Waals surface area contributed by atoms with Gasteiger partial charge >= 0.3 is 0 Å². The van der Waals surface area contributed by atoms with Crippen LogP contribution >= 0.6 is 11.6 Å². The van der Waals surface area contributed by atoms with Gasteiger partial charge in [0.15, 0.2) is 0 Å². The summed E-state index contributed by atoms with van der Waals surface area (Å²) in [5.41, 5.74) is 1.04. The Bertz CT molecular complexity index is 455. The van der Waals surface area contributed by atoms with Gasteiger partial charge in [-0.1, -0.05) is 11.6 Å². The molecule has 21 heavy (non-hydrogen) atoms. The molecule has 1 aromatic heterocycles. The van der Waals surface area contributed by atoms with E-state index in [0.29, 0.717) is 13.2 Å². The minimum absolute atomic E-state index is 0.0141. The zero-order valence-corrected chi connectivity index (χ0v) is 14.3. The van der Waals surface area contributed by atoms with Crippen molar-refractivity contribution >= 4 is 11.6 Å². The third kappa shape index (κ3) is 3.42. The lowest BCUT2D eigenvalue weighted by atomic mass is 9.90. The maximum absolute atomic E-state index is 6.43. The van der Waals surface area contributed by atoms with Gasteiger partial charge in [-0.25, -0.2) is 0 Å². The Morgan fingerprint density at radius 1 is 1.43 bits per heavy atom. The Labute approximate surface area is 132 Å². The molecule has 1 aromatic rings. The third-order valence-corrected chi connectivity index (χ3v) is 4.82. The van der Waals surface area contributed by atoms with E-state index in [9.17, 15) is 0 Å². The molecular formula is C15H27ClN4O. The number of nitrogens with zero attached hydrogens (tertiary/aromatic N) is 3. The number of likely N-dealkylation sites (tertiary alicyclic amines) is 1. The van der Waals surface area contributed by atoms with Crippen LogP contribution in [0.4, 0.5) is 0 Å². The molecule has 6 heteroatoms. The van der Waals surface area contributed by atoms with Crippen LogP contribution in [-0.2, 0) is 11.3 Å². The van der Waals surface area contributed by atoms with Gasteiger partial charge in [-0.2, -0.15) is 5.10 Å². The van der Waals surface area contributed by atoms with Crippen molar-refractivity contribution in [1.82, 2.24) is 20.0 Å². The Hall–Kier alpha value is -0.620. The highest BCUT2D eigenvalue weighted by Gasteiger charge is 2.39. The molecule has 1 saturated heterocycles. The van der Waals surface area contributed by atoms with E-state index in [0.717, 1.165) is 23.8 Å². The van der Waals surface area contributed by atoms with E-state index in [2.05, 4.69) is 29.2 Å². The van der Waals surface area contributed by atoms with Crippen molar-refractivity contribution in [1.29, 1.82) is 0 Å². The van der Waals surface area contributed by atoms with Crippen molar-refractivity contribution in [3.63, 3.8) is 0 Å². The number of methoxy groups -OCH3 is 1. The van der Waals surface area contributed by atoms with Crippen molar-refractivity contribution in [2.45, 2.75) is 44.8 Å². The van der Waals surface area contributed by atoms with Gasteiger partial charge in [-0.15, -0.1) is 0 Å². The Balaban J connectivity index is 2.29. The lowest BCUT2D eigenvalue weighted by molar-refractivity contribution is 0.104. The molecule has 0 saturated carbocycles. The lowest BCUT2D eigenvalue weighted by Gasteiger charge is -2.42. The van der Waals surface area contributed by atoms with E-state index in [-0.39, 0.29) is 11.6 Å². The highest BCUT2D eigenvalue weighted by Crippen LogP contribution is 2.36. The summed E-state index contributed by atoms with van der Waals surface area (Å²) in [6.45, 7) is 8.20. The summed E-state index contributed by atoms with van der Waals surface area (Å²) >= 11 is 6.43. The lowest BCUT2D eigenvalue weighted by Crippen LogP contribution is -2.51. The largest absolute Gasteiger partial charge is 0.383 e. The highest BCUT2D eigenvalue weighted by molar-refractivity contribution is 6.31. The summed E-state index contributed by atoms with van der Waals surface area (Å²) in [6, 6.07) is 0.127. The predicted molar refractivity (Wildman–Crippen MR) is 85.8 cm³/mol. The summed E-state index contributed by atoms with van der Waals surface area (Å²) in [6.07, 6.45) is 4.28. The maximum atomic E-state index is 6.43. The summed E-state index contributed by atoms with van der Waals surface area (Å²) < 4.78 is 7.14. The molecule has 1 aliphatic rings. The Kier molecular flexibility index (Phi) is 5.66. The highest BCUT2D eigenvalue weighted by atomic mass is 35.5. The van der Waals surface area contributed by atoms with Crippen LogP contribution < -0.4 is 5.32 Å². The van der Waals surface area contributed by atoms with Gasteiger partial charge in [0, 0.05) is 12.6 Å². The fourth-order valence-corrected chi connectivity index (χ4v) is 3.57. The zero-order valence-electron chi connectivity index (χ0n) is 13.5. The van der Waals surface area contributed by atoms with E-state index in [1.807, 2.05) is 11.7 Å². The van der Waals surface area contributed by atoms with Gasteiger partial charge in [0.05, 0.1) is 36.1 Å². The van der Waals surface area contributed by atoms with Crippen LogP contribution in [0.1, 0.15) is 38.4 Å². The van der Waals surface area contributed by atoms with Gasteiger partial charge in [0.25, 0.3) is 0 Å². The molecule has 0 bridgehead atoms. The number of aromatic nitrogens is 2. The normalized spacial score (nSPS) is 18.3. The third-order valence-electron chi connectivity index (χ3n) is 4.53. The van der Waals surface area contributed by atoms with Crippen LogP contribution in [0.15, 0.2) is 6.20 Å². The number of likely N-dealkylation sites (N-methyl/N-ethyl adjacent to an activating group) is 1. The van der Waals surface area contributed by atoms with Crippen molar-refractivity contribution in [2.24, 2.45) is 0 Å². The summed E-state index contributed by atoms with van der Waals surface area (Å²) in [4.78, 5) is 2.54. The molecule has 1 aliphatic heterocycles. The molecule has 1 fully saturated rings. The van der Waals surface area contributed by atoms with E-state index in [1.54, 1.807) is 13.3 Å². The number of hydrogen-bond acceptors (Lipinski definition) is 4. The summed E-state index contributed by atoms with van der Waals surface area (Å²) in [7, 11) is 3.70. The quantitative estimate of drug-likeness (QED) is 0.838. The van der Waals surface area contributed by atoms with Crippen LogP contribution in [-0.4, -0.2) is 54.1 Å². The van der Waals surface area contributed by atoms with Gasteiger partial charge in [0.2, 0.25) is 0 Å². The molecule has 0 amide bonds. The van der Waals surface area contributed by atoms with E-state index in [4.69, 9.17) is 16.3 Å². The second kappa shape index (κ2) is 7.09. The van der Waals surface area contributed by atoms with Crippen LogP contribution in [0.2, 0.25) is 5.02 Å². The first-order valence-electron chi connectivity index (χ1n) is 7.64. The monoisotopic (exact) mass is 314 g/mol. The first kappa shape index (κ1) is 16.7. The summed E-state index contributed by atoms with van der Waals surface area (Å²) in [5.74, 6) is 0. The van der Waals surface area contributed by atoms with E-state index >= 15 is 0 Å². The molecule has 0 aromatic carbocycles. The average Bonchev–Trinajstić information content (AvgIpc) is 3.09. The molecule has 120 valence electrons. The zero-order chi connectivity index (χ0) is 15.5. The molecule has 2 rings (SSSR count). The molecule has 5 nitrogen and oxygen atoms in total. The van der Waals surface area contributed by atoms with Crippen LogP contribution in [0.25, 0.3) is 0 Å². The smallest absolute Gasteiger partial charge is 0.0834 e. The van der Waals surface area contributed by atoms with Crippen LogP contribution in [0.5, 0.6) is 0 Å². The van der Waals surface area contributed by atoms with Crippen molar-refractivity contribution in [3.05, 3.63) is 16.9 Å². The molecule has 1 N–H and O–H groups in total. The molecule has 2 heterocycles. The standard InChI is InChI=1S/C15H27ClN4O/c1-15(2,19-7-5-6-8-19)14(17-3)13-12(16)11-18-20(13)9-10-21-4/h11,14,17H,5-10H2,1-4H3. The van der Waals surface area contributed by atoms with E-state index in [1.165, 1.54) is 12.8 Å². The van der Waals surface area contributed by atoms with E-state index < -0.39 is 0 Å². The molecule has 1 unspecified atom stereocenters. The first-order valence-corrected chi connectivity index (χ1v) is 8.02. The predicted octanol–water partition coefficient (Wildman–Crippen LogP) is 2.32. The van der Waals surface area contributed by atoms with Crippen molar-refractivity contribution in [3.8, 4) is 0 Å². The fraction of sp³-hybridized carbons (Fsp3) is 0.800. The van der Waals surface area contributed by atoms with Crippen LogP contribution in [0.3, 0.4) is 0 Å². The van der Waals surface area contributed by atoms with Crippen molar-refractivity contribution < 1.29 is 4.74 Å². The average molecular weight is 315 g/mol. The number of halogens is 1. The topological polar surface area (TPSA) is 42.3 Å². The maximum Gasteiger partial charge on any atom is 0.0834 e. The first-order chi connectivity index (χ1) is 10.0. The SMILES string of the molecule is CNC(c1c(Cl)cnn1CCOC)C(C)(C)N1CCCC1. The molecular weight excluding hydrogens is 288 g/mol. The molecule has 0 spiro atoms. The van der Waals surface area contributed by atoms with Crippen molar-refractivity contribution in [2.75, 3.05) is 33.9 Å². The molecule has 1 atom stereocenters. The van der Waals surface area contributed by atoms with Gasteiger partial charge < -0.3 is 10.1 Å². The number of hydrogen-bond donors (Lipinski definition) is 1.